The van der Waals surface area contributed by atoms with E-state index >= 15 is 0 Å². The maximum absolute atomic E-state index is 14.2. The molecular weight excluding hydrogens is 301 g/mol. The minimum atomic E-state index is -0.293. The highest BCUT2D eigenvalue weighted by atomic mass is 19.1. The lowest BCUT2D eigenvalue weighted by molar-refractivity contribution is 0.640. The van der Waals surface area contributed by atoms with Crippen LogP contribution in [0.2, 0.25) is 0 Å². The molecule has 0 bridgehead atoms. The van der Waals surface area contributed by atoms with Crippen LogP contribution in [0.1, 0.15) is 12.5 Å². The number of nitrogens with one attached hydrogen (secondary N) is 2. The van der Waals surface area contributed by atoms with Crippen LogP contribution in [0.15, 0.2) is 60.7 Å². The van der Waals surface area contributed by atoms with Gasteiger partial charge in [-0.1, -0.05) is 43.3 Å². The molecule has 0 aliphatic heterocycles. The quantitative estimate of drug-likeness (QED) is 0.525. The first-order chi connectivity index (χ1) is 11.6. The Morgan fingerprint density at radius 1 is 1.08 bits per heavy atom. The van der Waals surface area contributed by atoms with Crippen molar-refractivity contribution >= 4 is 28.1 Å². The highest BCUT2D eigenvalue weighted by molar-refractivity contribution is 6.08. The lowest BCUT2D eigenvalue weighted by Crippen LogP contribution is -2.32. The molecule has 0 aliphatic rings. The van der Waals surface area contributed by atoms with E-state index in [-0.39, 0.29) is 11.8 Å². The van der Waals surface area contributed by atoms with E-state index in [9.17, 15) is 4.39 Å². The highest BCUT2D eigenvalue weighted by Crippen LogP contribution is 2.26. The summed E-state index contributed by atoms with van der Waals surface area (Å²) in [5.74, 6) is -0.0990. The number of guanidine groups is 1. The van der Waals surface area contributed by atoms with E-state index in [1.54, 1.807) is 17.0 Å². The van der Waals surface area contributed by atoms with Gasteiger partial charge >= 0.3 is 0 Å². The summed E-state index contributed by atoms with van der Waals surface area (Å²) in [6.07, 6.45) is 0.941. The van der Waals surface area contributed by atoms with Gasteiger partial charge < -0.3 is 10.2 Å². The van der Waals surface area contributed by atoms with Crippen LogP contribution in [-0.4, -0.2) is 13.0 Å². The molecular formula is C20H20FN3. The van der Waals surface area contributed by atoms with Crippen molar-refractivity contribution in [3.05, 3.63) is 72.0 Å². The van der Waals surface area contributed by atoms with Crippen molar-refractivity contribution in [1.29, 1.82) is 5.41 Å². The zero-order chi connectivity index (χ0) is 17.1. The van der Waals surface area contributed by atoms with Crippen LogP contribution in [0, 0.1) is 11.2 Å². The molecule has 0 aliphatic carbocycles. The van der Waals surface area contributed by atoms with Gasteiger partial charge in [-0.15, -0.1) is 0 Å². The van der Waals surface area contributed by atoms with Crippen molar-refractivity contribution < 1.29 is 4.39 Å². The van der Waals surface area contributed by atoms with Crippen molar-refractivity contribution in [2.45, 2.75) is 13.3 Å². The summed E-state index contributed by atoms with van der Waals surface area (Å²) >= 11 is 0. The van der Waals surface area contributed by atoms with E-state index in [4.69, 9.17) is 5.41 Å². The third-order valence-electron chi connectivity index (χ3n) is 4.15. The average molecular weight is 321 g/mol. The number of benzene rings is 3. The molecule has 4 heteroatoms. The van der Waals surface area contributed by atoms with Gasteiger partial charge in [0.05, 0.1) is 5.69 Å². The van der Waals surface area contributed by atoms with Crippen molar-refractivity contribution in [1.82, 2.24) is 0 Å². The Bertz CT molecular complexity index is 884. The Hall–Kier alpha value is -2.88. The number of rotatable bonds is 3. The highest BCUT2D eigenvalue weighted by Gasteiger charge is 2.11. The van der Waals surface area contributed by atoms with Crippen molar-refractivity contribution in [3.63, 3.8) is 0 Å². The molecule has 0 saturated heterocycles. The topological polar surface area (TPSA) is 39.1 Å². The van der Waals surface area contributed by atoms with E-state index in [1.165, 1.54) is 11.6 Å². The molecule has 0 atom stereocenters. The minimum Gasteiger partial charge on any atom is -0.325 e. The molecule has 0 saturated carbocycles. The molecule has 0 unspecified atom stereocenters. The van der Waals surface area contributed by atoms with Gasteiger partial charge in [0.15, 0.2) is 5.96 Å². The number of aryl methyl sites for hydroxylation is 1. The number of hydrogen-bond donors (Lipinski definition) is 2. The predicted octanol–water partition coefficient (Wildman–Crippen LogP) is 5.02. The van der Waals surface area contributed by atoms with E-state index in [2.05, 4.69) is 24.4 Å². The van der Waals surface area contributed by atoms with Crippen LogP contribution in [0.5, 0.6) is 0 Å². The van der Waals surface area contributed by atoms with Crippen LogP contribution >= 0.6 is 0 Å². The molecule has 0 heterocycles. The normalized spacial score (nSPS) is 10.6. The molecule has 0 radical (unpaired) electrons. The van der Waals surface area contributed by atoms with Crippen molar-refractivity contribution in [3.8, 4) is 0 Å². The Morgan fingerprint density at radius 3 is 2.54 bits per heavy atom. The first-order valence-electron chi connectivity index (χ1n) is 7.95. The third-order valence-corrected chi connectivity index (χ3v) is 4.15. The van der Waals surface area contributed by atoms with Crippen LogP contribution in [0.3, 0.4) is 0 Å². The Morgan fingerprint density at radius 2 is 1.79 bits per heavy atom. The molecule has 0 spiro atoms. The Balaban J connectivity index is 1.89. The number of hydrogen-bond acceptors (Lipinski definition) is 1. The molecule has 24 heavy (non-hydrogen) atoms. The summed E-state index contributed by atoms with van der Waals surface area (Å²) in [7, 11) is 1.82. The summed E-state index contributed by atoms with van der Waals surface area (Å²) < 4.78 is 14.2. The smallest absolute Gasteiger partial charge is 0.199 e. The second kappa shape index (κ2) is 6.71. The number of anilines is 2. The minimum absolute atomic E-state index is 0.194. The van der Waals surface area contributed by atoms with Gasteiger partial charge in [0, 0.05) is 18.1 Å². The van der Waals surface area contributed by atoms with Crippen molar-refractivity contribution in [2.75, 3.05) is 17.3 Å². The second-order valence-corrected chi connectivity index (χ2v) is 5.70. The summed E-state index contributed by atoms with van der Waals surface area (Å²) in [6, 6.07) is 18.6. The molecule has 0 amide bonds. The first kappa shape index (κ1) is 16.0. The third kappa shape index (κ3) is 3.08. The number of fused-ring (bicyclic) bond motifs is 1. The molecule has 0 aromatic heterocycles. The van der Waals surface area contributed by atoms with Gasteiger partial charge in [0.2, 0.25) is 0 Å². The fraction of sp³-hybridized carbons (Fsp3) is 0.150. The monoisotopic (exact) mass is 321 g/mol. The van der Waals surface area contributed by atoms with Crippen LogP contribution < -0.4 is 10.2 Å². The first-order valence-corrected chi connectivity index (χ1v) is 7.95. The second-order valence-electron chi connectivity index (χ2n) is 5.70. The molecule has 3 nitrogen and oxygen atoms in total. The van der Waals surface area contributed by atoms with E-state index in [0.717, 1.165) is 17.5 Å². The van der Waals surface area contributed by atoms with Crippen molar-refractivity contribution in [2.24, 2.45) is 0 Å². The molecule has 3 aromatic rings. The van der Waals surface area contributed by atoms with Gasteiger partial charge in [0.25, 0.3) is 0 Å². The standard InChI is InChI=1S/C20H20FN3/c1-3-14-7-4-10-16(13-14)24(2)20(22)23-18-12-6-9-15-8-5-11-17(21)19(15)18/h4-13H,3H2,1-2H3,(H2,22,23). The summed E-state index contributed by atoms with van der Waals surface area (Å²) in [6.45, 7) is 2.10. The van der Waals surface area contributed by atoms with Crippen LogP contribution in [0.25, 0.3) is 10.8 Å². The molecule has 122 valence electrons. The molecule has 2 N–H and O–H groups in total. The lowest BCUT2D eigenvalue weighted by atomic mass is 10.1. The SMILES string of the molecule is CCc1cccc(N(C)C(=N)Nc2cccc3cccc(F)c23)c1. The largest absolute Gasteiger partial charge is 0.325 e. The molecule has 3 aromatic carbocycles. The number of halogens is 1. The fourth-order valence-corrected chi connectivity index (χ4v) is 2.72. The molecule has 3 rings (SSSR count). The van der Waals surface area contributed by atoms with Crippen LogP contribution in [-0.2, 0) is 6.42 Å². The van der Waals surface area contributed by atoms with Gasteiger partial charge in [-0.05, 0) is 41.6 Å². The summed E-state index contributed by atoms with van der Waals surface area (Å²) in [5, 5.41) is 12.7. The number of nitrogens with zero attached hydrogens (tertiary/aromatic N) is 1. The van der Waals surface area contributed by atoms with Crippen LogP contribution in [0.4, 0.5) is 15.8 Å². The van der Waals surface area contributed by atoms with E-state index in [1.807, 2.05) is 37.4 Å². The van der Waals surface area contributed by atoms with E-state index < -0.39 is 0 Å². The maximum atomic E-state index is 14.2. The fourth-order valence-electron chi connectivity index (χ4n) is 2.72. The van der Waals surface area contributed by atoms with Gasteiger partial charge in [-0.2, -0.15) is 0 Å². The summed E-state index contributed by atoms with van der Waals surface area (Å²) in [4.78, 5) is 1.75. The molecule has 0 fully saturated rings. The Labute approximate surface area is 141 Å². The zero-order valence-corrected chi connectivity index (χ0v) is 13.8. The summed E-state index contributed by atoms with van der Waals surface area (Å²) in [5.41, 5.74) is 2.73. The van der Waals surface area contributed by atoms with Gasteiger partial charge in [-0.25, -0.2) is 4.39 Å². The zero-order valence-electron chi connectivity index (χ0n) is 13.8. The van der Waals surface area contributed by atoms with E-state index in [0.29, 0.717) is 11.1 Å². The van der Waals surface area contributed by atoms with Gasteiger partial charge in [0.1, 0.15) is 5.82 Å². The van der Waals surface area contributed by atoms with Gasteiger partial charge in [-0.3, -0.25) is 5.41 Å². The predicted molar refractivity (Wildman–Crippen MR) is 99.5 cm³/mol. The maximum Gasteiger partial charge on any atom is 0.199 e. The Kier molecular flexibility index (Phi) is 4.47. The lowest BCUT2D eigenvalue weighted by Gasteiger charge is -2.22. The average Bonchev–Trinajstić information content (AvgIpc) is 2.61.